The first kappa shape index (κ1) is 19.6. The van der Waals surface area contributed by atoms with Gasteiger partial charge >= 0.3 is 5.97 Å². The van der Waals surface area contributed by atoms with Crippen LogP contribution in [0.1, 0.15) is 40.1 Å². The summed E-state index contributed by atoms with van der Waals surface area (Å²) in [5.74, 6) is -1.97. The first-order chi connectivity index (χ1) is 12.9. The van der Waals surface area contributed by atoms with Gasteiger partial charge in [0.25, 0.3) is 11.8 Å². The Hall–Kier alpha value is -3.74. The van der Waals surface area contributed by atoms with Crippen LogP contribution in [0.3, 0.4) is 0 Å². The second kappa shape index (κ2) is 9.10. The minimum atomic E-state index is -1.02. The zero-order valence-corrected chi connectivity index (χ0v) is 14.9. The molecule has 0 saturated heterocycles. The number of nitrogens with zero attached hydrogens (tertiary/aromatic N) is 1. The number of amides is 2. The van der Waals surface area contributed by atoms with Gasteiger partial charge in [0.05, 0.1) is 11.8 Å². The molecule has 0 aliphatic carbocycles. The van der Waals surface area contributed by atoms with Gasteiger partial charge in [-0.2, -0.15) is 5.10 Å². The molecule has 138 valence electrons. The van der Waals surface area contributed by atoms with Crippen molar-refractivity contribution in [3.63, 3.8) is 0 Å². The lowest BCUT2D eigenvalue weighted by molar-refractivity contribution is -0.117. The van der Waals surface area contributed by atoms with Gasteiger partial charge in [0, 0.05) is 5.56 Å². The minimum Gasteiger partial charge on any atom is -0.478 e. The number of hydrogen-bond acceptors (Lipinski definition) is 4. The van der Waals surface area contributed by atoms with Crippen molar-refractivity contribution in [1.82, 2.24) is 10.7 Å². The summed E-state index contributed by atoms with van der Waals surface area (Å²) in [6.45, 7) is 3.41. The average molecular weight is 365 g/mol. The first-order valence-electron chi connectivity index (χ1n) is 8.09. The van der Waals surface area contributed by atoms with Gasteiger partial charge in [-0.05, 0) is 49.2 Å². The Kier molecular flexibility index (Phi) is 6.60. The van der Waals surface area contributed by atoms with E-state index in [0.29, 0.717) is 16.7 Å². The lowest BCUT2D eigenvalue weighted by Gasteiger charge is -2.10. The van der Waals surface area contributed by atoms with Gasteiger partial charge in [-0.1, -0.05) is 30.3 Å². The average Bonchev–Trinajstić information content (AvgIpc) is 2.66. The molecule has 0 atom stereocenters. The molecule has 0 aromatic heterocycles. The first-order valence-corrected chi connectivity index (χ1v) is 8.09. The van der Waals surface area contributed by atoms with Crippen LogP contribution in [0, 0.1) is 0 Å². The van der Waals surface area contributed by atoms with Crippen molar-refractivity contribution in [2.45, 2.75) is 13.8 Å². The van der Waals surface area contributed by atoms with Gasteiger partial charge in [0.2, 0.25) is 0 Å². The fraction of sp³-hybridized carbons (Fsp3) is 0.100. The molecule has 0 aliphatic rings. The van der Waals surface area contributed by atoms with E-state index in [1.165, 1.54) is 18.3 Å². The summed E-state index contributed by atoms with van der Waals surface area (Å²) in [4.78, 5) is 35.4. The highest BCUT2D eigenvalue weighted by Gasteiger charge is 2.15. The number of carboxylic acids is 1. The largest absolute Gasteiger partial charge is 0.478 e. The number of hydrogen-bond donors (Lipinski definition) is 3. The number of carbonyl (C=O) groups is 3. The van der Waals surface area contributed by atoms with Crippen molar-refractivity contribution in [2.75, 3.05) is 0 Å². The van der Waals surface area contributed by atoms with E-state index in [9.17, 15) is 14.4 Å². The van der Waals surface area contributed by atoms with Crippen LogP contribution in [-0.4, -0.2) is 29.1 Å². The second-order valence-electron chi connectivity index (χ2n) is 5.82. The van der Waals surface area contributed by atoms with Gasteiger partial charge < -0.3 is 10.4 Å². The summed E-state index contributed by atoms with van der Waals surface area (Å²) in [5, 5.41) is 15.3. The quantitative estimate of drug-likeness (QED) is 0.415. The summed E-state index contributed by atoms with van der Waals surface area (Å²) in [6.07, 6.45) is 1.38. The predicted octanol–water partition coefficient (Wildman–Crippen LogP) is 2.56. The molecule has 0 bridgehead atoms. The van der Waals surface area contributed by atoms with E-state index < -0.39 is 17.8 Å². The summed E-state index contributed by atoms with van der Waals surface area (Å²) in [6, 6.07) is 14.6. The third kappa shape index (κ3) is 5.64. The van der Waals surface area contributed by atoms with E-state index in [2.05, 4.69) is 15.8 Å². The number of nitrogens with one attached hydrogen (secondary N) is 2. The zero-order valence-electron chi connectivity index (χ0n) is 14.9. The highest BCUT2D eigenvalue weighted by atomic mass is 16.4. The van der Waals surface area contributed by atoms with Crippen LogP contribution in [-0.2, 0) is 4.79 Å². The maximum atomic E-state index is 12.3. The Morgan fingerprint density at radius 2 is 1.56 bits per heavy atom. The molecule has 0 spiro atoms. The molecule has 7 heteroatoms. The molecule has 0 aliphatic heterocycles. The molecule has 0 unspecified atom stereocenters. The van der Waals surface area contributed by atoms with E-state index >= 15 is 0 Å². The predicted molar refractivity (Wildman–Crippen MR) is 101 cm³/mol. The Morgan fingerprint density at radius 1 is 0.926 bits per heavy atom. The van der Waals surface area contributed by atoms with Crippen molar-refractivity contribution in [2.24, 2.45) is 5.10 Å². The number of carboxylic acid groups (broad SMARTS) is 1. The second-order valence-corrected chi connectivity index (χ2v) is 5.82. The van der Waals surface area contributed by atoms with Crippen molar-refractivity contribution in [1.29, 1.82) is 0 Å². The highest BCUT2D eigenvalue weighted by molar-refractivity contribution is 6.03. The Labute approximate surface area is 156 Å². The lowest BCUT2D eigenvalue weighted by atomic mass is 10.1. The molecule has 2 aromatic rings. The molecule has 2 amide bonds. The van der Waals surface area contributed by atoms with E-state index in [1.807, 2.05) is 0 Å². The topological polar surface area (TPSA) is 108 Å². The van der Waals surface area contributed by atoms with E-state index in [0.717, 1.165) is 0 Å². The van der Waals surface area contributed by atoms with Crippen molar-refractivity contribution in [3.05, 3.63) is 82.6 Å². The van der Waals surface area contributed by atoms with Gasteiger partial charge in [-0.15, -0.1) is 0 Å². The van der Waals surface area contributed by atoms with Crippen LogP contribution in [0.15, 0.2) is 71.0 Å². The van der Waals surface area contributed by atoms with Gasteiger partial charge in [-0.3, -0.25) is 9.59 Å². The van der Waals surface area contributed by atoms with Crippen molar-refractivity contribution >= 4 is 24.0 Å². The van der Waals surface area contributed by atoms with E-state index in [1.54, 1.807) is 56.3 Å². The van der Waals surface area contributed by atoms with Gasteiger partial charge in [0.1, 0.15) is 5.70 Å². The zero-order chi connectivity index (χ0) is 19.8. The molecule has 0 saturated carbocycles. The molecule has 7 nitrogen and oxygen atoms in total. The third-order valence-corrected chi connectivity index (χ3v) is 3.54. The van der Waals surface area contributed by atoms with Crippen LogP contribution in [0.25, 0.3) is 0 Å². The van der Waals surface area contributed by atoms with Crippen LogP contribution in [0.5, 0.6) is 0 Å². The third-order valence-electron chi connectivity index (χ3n) is 3.54. The van der Waals surface area contributed by atoms with Gasteiger partial charge in [0.15, 0.2) is 0 Å². The van der Waals surface area contributed by atoms with Crippen LogP contribution >= 0.6 is 0 Å². The molecule has 27 heavy (non-hydrogen) atoms. The monoisotopic (exact) mass is 365 g/mol. The Bertz CT molecular complexity index is 897. The molecule has 0 heterocycles. The maximum Gasteiger partial charge on any atom is 0.335 e. The smallest absolute Gasteiger partial charge is 0.335 e. The number of aromatic carboxylic acids is 1. The number of benzene rings is 2. The van der Waals surface area contributed by atoms with Crippen molar-refractivity contribution in [3.8, 4) is 0 Å². The molecule has 2 rings (SSSR count). The molecule has 0 fully saturated rings. The summed E-state index contributed by atoms with van der Waals surface area (Å²) < 4.78 is 0. The van der Waals surface area contributed by atoms with E-state index in [4.69, 9.17) is 5.11 Å². The number of rotatable bonds is 6. The molecule has 0 radical (unpaired) electrons. The number of allylic oxidation sites excluding steroid dienone is 1. The molecular weight excluding hydrogens is 346 g/mol. The molecule has 2 aromatic carbocycles. The van der Waals surface area contributed by atoms with E-state index in [-0.39, 0.29) is 11.3 Å². The lowest BCUT2D eigenvalue weighted by Crippen LogP contribution is -2.33. The van der Waals surface area contributed by atoms with Crippen LogP contribution in [0.2, 0.25) is 0 Å². The molecular formula is C20H19N3O4. The maximum absolute atomic E-state index is 12.3. The normalized spacial score (nSPS) is 10.3. The molecule has 3 N–H and O–H groups in total. The summed E-state index contributed by atoms with van der Waals surface area (Å²) in [5.41, 5.74) is 4.30. The highest BCUT2D eigenvalue weighted by Crippen LogP contribution is 2.05. The number of hydrazone groups is 1. The Morgan fingerprint density at radius 3 is 2.11 bits per heavy atom. The fourth-order valence-corrected chi connectivity index (χ4v) is 2.12. The van der Waals surface area contributed by atoms with Crippen LogP contribution < -0.4 is 10.7 Å². The fourth-order valence-electron chi connectivity index (χ4n) is 2.12. The van der Waals surface area contributed by atoms with Gasteiger partial charge in [-0.25, -0.2) is 10.2 Å². The number of carbonyl (C=O) groups excluding carboxylic acids is 2. The minimum absolute atomic E-state index is 0.113. The summed E-state index contributed by atoms with van der Waals surface area (Å²) in [7, 11) is 0. The van der Waals surface area contributed by atoms with Crippen molar-refractivity contribution < 1.29 is 19.5 Å². The summed E-state index contributed by atoms with van der Waals surface area (Å²) >= 11 is 0. The Balaban J connectivity index is 2.02. The SMILES string of the molecule is CC(C)=C(NC(=O)c1ccccc1)C(=O)N/N=C\c1ccc(C(=O)O)cc1. The van der Waals surface area contributed by atoms with Crippen LogP contribution in [0.4, 0.5) is 0 Å². The standard InChI is InChI=1S/C20H19N3O4/c1-13(2)17(22-18(24)15-6-4-3-5-7-15)19(25)23-21-12-14-8-10-16(11-9-14)20(26)27/h3-12H,1-2H3,(H,22,24)(H,23,25)(H,26,27)/b21-12-.